The van der Waals surface area contributed by atoms with E-state index in [1.165, 1.54) is 18.4 Å². The topological polar surface area (TPSA) is 15.6 Å². The highest BCUT2D eigenvalue weighted by Crippen LogP contribution is 2.11. The maximum absolute atomic E-state index is 4.63. The molecule has 0 heterocycles. The zero-order valence-corrected chi connectivity index (χ0v) is 16.0. The highest BCUT2D eigenvalue weighted by molar-refractivity contribution is 5.85. The van der Waals surface area contributed by atoms with Gasteiger partial charge in [0, 0.05) is 19.3 Å². The summed E-state index contributed by atoms with van der Waals surface area (Å²) in [6, 6.07) is 0. The number of allylic oxidation sites excluding steroid dienone is 4. The number of rotatable bonds is 10. The van der Waals surface area contributed by atoms with Gasteiger partial charge in [-0.25, -0.2) is 0 Å². The Morgan fingerprint density at radius 2 is 1.77 bits per heavy atom. The Labute approximate surface area is 144 Å². The van der Waals surface area contributed by atoms with E-state index in [0.717, 1.165) is 25.9 Å². The van der Waals surface area contributed by atoms with E-state index in [-0.39, 0.29) is 17.9 Å². The van der Waals surface area contributed by atoms with Crippen LogP contribution in [0.4, 0.5) is 0 Å². The summed E-state index contributed by atoms with van der Waals surface area (Å²) < 4.78 is 0. The summed E-state index contributed by atoms with van der Waals surface area (Å²) in [4.78, 5) is 6.92. The van der Waals surface area contributed by atoms with Crippen molar-refractivity contribution in [1.29, 1.82) is 0 Å². The molecule has 0 saturated carbocycles. The van der Waals surface area contributed by atoms with E-state index in [2.05, 4.69) is 69.4 Å². The van der Waals surface area contributed by atoms with Crippen molar-refractivity contribution in [1.82, 2.24) is 4.90 Å². The minimum Gasteiger partial charge on any atom is -0.378 e. The lowest BCUT2D eigenvalue weighted by Gasteiger charge is -2.14. The number of unbranched alkanes of at least 4 members (excludes halogenated alkanes) is 2. The van der Waals surface area contributed by atoms with Crippen molar-refractivity contribution >= 4 is 18.6 Å². The van der Waals surface area contributed by atoms with Gasteiger partial charge in [0.25, 0.3) is 0 Å². The Morgan fingerprint density at radius 1 is 1.14 bits per heavy atom. The van der Waals surface area contributed by atoms with Crippen molar-refractivity contribution in [3.05, 3.63) is 36.6 Å². The largest absolute Gasteiger partial charge is 0.378 e. The van der Waals surface area contributed by atoms with Crippen LogP contribution in [0.3, 0.4) is 0 Å². The molecule has 0 spiro atoms. The van der Waals surface area contributed by atoms with Crippen LogP contribution in [0.25, 0.3) is 0 Å². The zero-order valence-electron chi connectivity index (χ0n) is 15.1. The lowest BCUT2D eigenvalue weighted by molar-refractivity contribution is 0.419. The summed E-state index contributed by atoms with van der Waals surface area (Å²) in [7, 11) is 0. The molecule has 0 fully saturated rings. The van der Waals surface area contributed by atoms with E-state index < -0.39 is 0 Å². The average Bonchev–Trinajstić information content (AvgIpc) is 2.43. The van der Waals surface area contributed by atoms with E-state index in [4.69, 9.17) is 0 Å². The highest BCUT2D eigenvalue weighted by Gasteiger charge is 2.05. The quantitative estimate of drug-likeness (QED) is 0.214. The van der Waals surface area contributed by atoms with Crippen LogP contribution in [0, 0.1) is 0 Å². The molecular weight excluding hydrogens is 292 g/mol. The first kappa shape index (κ1) is 23.2. The van der Waals surface area contributed by atoms with Gasteiger partial charge in [-0.1, -0.05) is 12.2 Å². The van der Waals surface area contributed by atoms with Crippen molar-refractivity contribution in [3.8, 4) is 0 Å². The predicted molar refractivity (Wildman–Crippen MR) is 104 cm³/mol. The second kappa shape index (κ2) is 13.6. The first-order valence-electron chi connectivity index (χ1n) is 8.20. The van der Waals surface area contributed by atoms with Gasteiger partial charge in [0.15, 0.2) is 0 Å². The molecule has 0 bridgehead atoms. The molecule has 0 saturated heterocycles. The Morgan fingerprint density at radius 3 is 2.27 bits per heavy atom. The molecule has 22 heavy (non-hydrogen) atoms. The fraction of sp³-hybridized carbons (Fsp3) is 0.632. The number of aliphatic imine (C=N–C) groups is 1. The Balaban J connectivity index is 0. The monoisotopic (exact) mass is 326 g/mol. The molecule has 0 aliphatic heterocycles. The molecule has 0 amide bonds. The number of halogens is 1. The molecule has 0 atom stereocenters. The van der Waals surface area contributed by atoms with Crippen LogP contribution in [0.15, 0.2) is 41.6 Å². The van der Waals surface area contributed by atoms with Crippen molar-refractivity contribution in [2.75, 3.05) is 13.1 Å². The van der Waals surface area contributed by atoms with Gasteiger partial charge in [0.2, 0.25) is 0 Å². The molecule has 0 radical (unpaired) electrons. The maximum atomic E-state index is 4.63. The van der Waals surface area contributed by atoms with Crippen molar-refractivity contribution < 1.29 is 0 Å². The SMILES string of the molecule is C=CCCCC/C(C=NC(C)(C)C)=C\C=C\N(CC)CC.Cl. The van der Waals surface area contributed by atoms with Gasteiger partial charge in [0.1, 0.15) is 0 Å². The van der Waals surface area contributed by atoms with Crippen LogP contribution >= 0.6 is 12.4 Å². The van der Waals surface area contributed by atoms with Gasteiger partial charge in [-0.3, -0.25) is 4.99 Å². The van der Waals surface area contributed by atoms with E-state index in [9.17, 15) is 0 Å². The number of hydrogen-bond donors (Lipinski definition) is 0. The summed E-state index contributed by atoms with van der Waals surface area (Å²) in [5, 5.41) is 0. The van der Waals surface area contributed by atoms with E-state index in [1.54, 1.807) is 0 Å². The van der Waals surface area contributed by atoms with E-state index in [1.807, 2.05) is 12.3 Å². The van der Waals surface area contributed by atoms with Gasteiger partial charge < -0.3 is 4.90 Å². The normalized spacial score (nSPS) is 12.7. The molecule has 0 aromatic carbocycles. The van der Waals surface area contributed by atoms with Crippen LogP contribution < -0.4 is 0 Å². The third-order valence-electron chi connectivity index (χ3n) is 3.16. The molecular formula is C19H35ClN2. The summed E-state index contributed by atoms with van der Waals surface area (Å²) in [6.45, 7) is 16.6. The summed E-state index contributed by atoms with van der Waals surface area (Å²) in [5.74, 6) is 0. The summed E-state index contributed by atoms with van der Waals surface area (Å²) in [5.41, 5.74) is 1.29. The van der Waals surface area contributed by atoms with Gasteiger partial charge in [0.05, 0.1) is 5.54 Å². The second-order valence-electron chi connectivity index (χ2n) is 6.27. The van der Waals surface area contributed by atoms with Gasteiger partial charge in [-0.15, -0.1) is 19.0 Å². The van der Waals surface area contributed by atoms with Crippen LogP contribution in [0.5, 0.6) is 0 Å². The molecule has 0 rings (SSSR count). The van der Waals surface area contributed by atoms with Crippen LogP contribution in [0.2, 0.25) is 0 Å². The molecule has 0 aromatic heterocycles. The van der Waals surface area contributed by atoms with Crippen molar-refractivity contribution in [2.24, 2.45) is 4.99 Å². The Kier molecular flexibility index (Phi) is 14.4. The first-order valence-corrected chi connectivity index (χ1v) is 8.20. The lowest BCUT2D eigenvalue weighted by Crippen LogP contribution is -2.14. The summed E-state index contributed by atoms with van der Waals surface area (Å²) >= 11 is 0. The van der Waals surface area contributed by atoms with Crippen LogP contribution in [0.1, 0.15) is 60.3 Å². The van der Waals surface area contributed by atoms with Crippen LogP contribution in [-0.2, 0) is 0 Å². The van der Waals surface area contributed by atoms with Crippen molar-refractivity contribution in [3.63, 3.8) is 0 Å². The maximum Gasteiger partial charge on any atom is 0.0524 e. The minimum atomic E-state index is -0.0111. The average molecular weight is 327 g/mol. The minimum absolute atomic E-state index is 0. The standard InChI is InChI=1S/C19H34N2.ClH/c1-7-10-11-12-14-18(17-20-19(4,5)6)15-13-16-21(8-2)9-3;/h7,13,15-17H,1,8-12,14H2,2-6H3;1H/b16-13+,18-15+,20-17?;. The summed E-state index contributed by atoms with van der Waals surface area (Å²) in [6.07, 6.45) is 15.1. The molecule has 3 heteroatoms. The predicted octanol–water partition coefficient (Wildman–Crippen LogP) is 5.81. The number of hydrogen-bond acceptors (Lipinski definition) is 2. The lowest BCUT2D eigenvalue weighted by atomic mass is 10.1. The molecule has 0 N–H and O–H groups in total. The van der Waals surface area contributed by atoms with E-state index >= 15 is 0 Å². The molecule has 0 unspecified atom stereocenters. The molecule has 128 valence electrons. The van der Waals surface area contributed by atoms with Crippen molar-refractivity contribution in [2.45, 2.75) is 65.8 Å². The molecule has 2 nitrogen and oxygen atoms in total. The molecule has 0 aromatic rings. The Hall–Kier alpha value is -1.02. The smallest absolute Gasteiger partial charge is 0.0524 e. The second-order valence-corrected chi connectivity index (χ2v) is 6.27. The number of nitrogens with zero attached hydrogens (tertiary/aromatic N) is 2. The fourth-order valence-corrected chi connectivity index (χ4v) is 1.81. The van der Waals surface area contributed by atoms with E-state index in [0.29, 0.717) is 0 Å². The van der Waals surface area contributed by atoms with Gasteiger partial charge >= 0.3 is 0 Å². The zero-order chi connectivity index (χ0) is 16.1. The third-order valence-corrected chi connectivity index (χ3v) is 3.16. The third kappa shape index (κ3) is 13.9. The van der Waals surface area contributed by atoms with Crippen LogP contribution in [-0.4, -0.2) is 29.7 Å². The first-order chi connectivity index (χ1) is 9.92. The molecule has 0 aliphatic rings. The Bertz CT molecular complexity index is 358. The van der Waals surface area contributed by atoms with Gasteiger partial charge in [-0.2, -0.15) is 0 Å². The fourth-order valence-electron chi connectivity index (χ4n) is 1.81. The highest BCUT2D eigenvalue weighted by atomic mass is 35.5. The molecule has 0 aliphatic carbocycles. The van der Waals surface area contributed by atoms with Gasteiger partial charge in [-0.05, 0) is 78.2 Å².